The number of halogens is 1. The summed E-state index contributed by atoms with van der Waals surface area (Å²) in [5, 5.41) is 0. The van der Waals surface area contributed by atoms with Crippen LogP contribution in [0, 0.1) is 17.3 Å². The van der Waals surface area contributed by atoms with Gasteiger partial charge in [-0.1, -0.05) is 25.6 Å². The number of hydrogen-bond acceptors (Lipinski definition) is 7. The lowest BCUT2D eigenvalue weighted by Gasteiger charge is -2.33. The van der Waals surface area contributed by atoms with E-state index in [4.69, 9.17) is 19.2 Å². The van der Waals surface area contributed by atoms with Crippen molar-refractivity contribution in [1.29, 1.82) is 0 Å². The van der Waals surface area contributed by atoms with Gasteiger partial charge in [-0.05, 0) is 93.4 Å². The van der Waals surface area contributed by atoms with Crippen LogP contribution in [0.4, 0.5) is 4.39 Å². The number of esters is 1. The molecule has 0 saturated carbocycles. The molecule has 0 bridgehead atoms. The molecule has 3 aromatic carbocycles. The van der Waals surface area contributed by atoms with Gasteiger partial charge in [0.1, 0.15) is 25.7 Å². The van der Waals surface area contributed by atoms with Crippen LogP contribution in [-0.4, -0.2) is 64.3 Å². The third-order valence-electron chi connectivity index (χ3n) is 8.58. The molecule has 0 radical (unpaired) electrons. The van der Waals surface area contributed by atoms with Crippen molar-refractivity contribution in [3.63, 3.8) is 0 Å². The molecule has 260 valence electrons. The van der Waals surface area contributed by atoms with Crippen LogP contribution in [0.25, 0.3) is 11.0 Å². The number of ether oxygens (including phenoxy) is 3. The molecular formula is C39H44FN5O4Si. The second-order valence-electron chi connectivity index (χ2n) is 14.1. The van der Waals surface area contributed by atoms with Gasteiger partial charge in [-0.25, -0.2) is 19.2 Å². The van der Waals surface area contributed by atoms with Crippen LogP contribution in [0.1, 0.15) is 59.9 Å². The first-order chi connectivity index (χ1) is 24.0. The van der Waals surface area contributed by atoms with Crippen molar-refractivity contribution in [3.05, 3.63) is 102 Å². The molecule has 0 spiro atoms. The lowest BCUT2D eigenvalue weighted by atomic mass is 10.0. The fraction of sp³-hybridized carbons (Fsp3) is 0.359. The van der Waals surface area contributed by atoms with Crippen LogP contribution in [-0.2, 0) is 17.8 Å². The normalized spacial score (nSPS) is 15.2. The summed E-state index contributed by atoms with van der Waals surface area (Å²) in [6.07, 6.45) is 7.41. The van der Waals surface area contributed by atoms with Gasteiger partial charge in [0.05, 0.1) is 48.6 Å². The van der Waals surface area contributed by atoms with Crippen molar-refractivity contribution in [1.82, 2.24) is 24.0 Å². The monoisotopic (exact) mass is 693 g/mol. The summed E-state index contributed by atoms with van der Waals surface area (Å²) in [6.45, 7) is 13.5. The molecule has 0 N–H and O–H groups in total. The van der Waals surface area contributed by atoms with Crippen LogP contribution >= 0.6 is 0 Å². The lowest BCUT2D eigenvalue weighted by Crippen LogP contribution is -2.40. The maximum Gasteiger partial charge on any atom is 0.337 e. The van der Waals surface area contributed by atoms with Crippen molar-refractivity contribution in [2.45, 2.75) is 71.6 Å². The summed E-state index contributed by atoms with van der Waals surface area (Å²) in [5.74, 6) is 3.64. The summed E-state index contributed by atoms with van der Waals surface area (Å²) in [7, 11) is -0.156. The van der Waals surface area contributed by atoms with E-state index >= 15 is 0 Å². The quantitative estimate of drug-likeness (QED) is 0.0837. The van der Waals surface area contributed by atoms with E-state index in [1.807, 2.05) is 43.1 Å². The SMILES string of the molecule is COC(=O)c1cc(CN2CCCC(Oc3ccc(Oc4ccc(C#C[Si](C)(C)C)cc4F)cc3)C2)c2ncn(Cc3cncn3C(C)C)c2c1. The molecular weight excluding hydrogens is 650 g/mol. The molecule has 6 rings (SSSR count). The Morgan fingerprint density at radius 3 is 2.54 bits per heavy atom. The number of hydrogen-bond donors (Lipinski definition) is 0. The minimum atomic E-state index is -1.56. The van der Waals surface area contributed by atoms with Gasteiger partial charge in [-0.2, -0.15) is 0 Å². The lowest BCUT2D eigenvalue weighted by molar-refractivity contribution is 0.0600. The Balaban J connectivity index is 1.12. The van der Waals surface area contributed by atoms with Crippen LogP contribution in [0.2, 0.25) is 19.6 Å². The number of rotatable bonds is 10. The molecule has 1 unspecified atom stereocenters. The predicted molar refractivity (Wildman–Crippen MR) is 195 cm³/mol. The van der Waals surface area contributed by atoms with Gasteiger partial charge in [0, 0.05) is 30.9 Å². The van der Waals surface area contributed by atoms with Gasteiger partial charge in [0.2, 0.25) is 0 Å². The van der Waals surface area contributed by atoms with E-state index in [1.165, 1.54) is 13.2 Å². The average Bonchev–Trinajstić information content (AvgIpc) is 3.73. The van der Waals surface area contributed by atoms with Crippen LogP contribution in [0.3, 0.4) is 0 Å². The van der Waals surface area contributed by atoms with Crippen molar-refractivity contribution in [2.24, 2.45) is 0 Å². The molecule has 3 heterocycles. The van der Waals surface area contributed by atoms with Crippen molar-refractivity contribution in [2.75, 3.05) is 20.2 Å². The van der Waals surface area contributed by atoms with E-state index in [1.54, 1.807) is 24.3 Å². The molecule has 11 heteroatoms. The number of benzene rings is 3. The summed E-state index contributed by atoms with van der Waals surface area (Å²) in [4.78, 5) is 24.2. The Morgan fingerprint density at radius 2 is 1.82 bits per heavy atom. The molecule has 5 aromatic rings. The molecule has 1 saturated heterocycles. The number of likely N-dealkylation sites (tertiary alicyclic amines) is 1. The second-order valence-corrected chi connectivity index (χ2v) is 18.8. The van der Waals surface area contributed by atoms with E-state index in [0.717, 1.165) is 47.4 Å². The van der Waals surface area contributed by atoms with Crippen molar-refractivity contribution >= 4 is 25.1 Å². The number of carbonyl (C=O) groups excluding carboxylic acids is 1. The van der Waals surface area contributed by atoms with E-state index in [0.29, 0.717) is 36.5 Å². The Hall–Kier alpha value is -4.92. The van der Waals surface area contributed by atoms with E-state index in [2.05, 4.69) is 64.0 Å². The number of nitrogens with zero attached hydrogens (tertiary/aromatic N) is 5. The number of aromatic nitrogens is 4. The van der Waals surface area contributed by atoms with Gasteiger partial charge < -0.3 is 23.3 Å². The van der Waals surface area contributed by atoms with E-state index in [-0.39, 0.29) is 23.9 Å². The molecule has 1 atom stereocenters. The van der Waals surface area contributed by atoms with Gasteiger partial charge in [0.25, 0.3) is 0 Å². The standard InChI is InChI=1S/C39H44FN5O4Si/c1-27(2)45-25-41-21-31(45)23-44-26-42-38-30(19-29(20-36(38)44)39(46)47-3)22-43-16-7-8-34(24-43)48-32-10-12-33(13-11-32)49-37-14-9-28(18-35(37)40)15-17-50(4,5)6/h9-14,18-21,25-27,34H,7-8,16,22-24H2,1-6H3. The molecule has 1 aliphatic heterocycles. The molecule has 2 aromatic heterocycles. The number of carbonyl (C=O) groups is 1. The predicted octanol–water partition coefficient (Wildman–Crippen LogP) is 7.85. The maximum atomic E-state index is 14.8. The topological polar surface area (TPSA) is 83.6 Å². The molecule has 0 amide bonds. The molecule has 1 aliphatic rings. The van der Waals surface area contributed by atoms with Crippen LogP contribution < -0.4 is 9.47 Å². The number of piperidine rings is 1. The fourth-order valence-electron chi connectivity index (χ4n) is 6.13. The summed E-state index contributed by atoms with van der Waals surface area (Å²) in [6, 6.07) is 16.1. The number of methoxy groups -OCH3 is 1. The van der Waals surface area contributed by atoms with Crippen molar-refractivity contribution < 1.29 is 23.4 Å². The Bertz CT molecular complexity index is 2040. The first kappa shape index (κ1) is 34.9. The average molecular weight is 694 g/mol. The highest BCUT2D eigenvalue weighted by molar-refractivity contribution is 6.83. The zero-order valence-corrected chi connectivity index (χ0v) is 30.6. The first-order valence-corrected chi connectivity index (χ1v) is 20.5. The highest BCUT2D eigenvalue weighted by atomic mass is 28.3. The maximum absolute atomic E-state index is 14.8. The van der Waals surface area contributed by atoms with E-state index < -0.39 is 13.9 Å². The van der Waals surface area contributed by atoms with Crippen LogP contribution in [0.5, 0.6) is 17.2 Å². The summed E-state index contributed by atoms with van der Waals surface area (Å²) in [5.41, 5.74) is 8.15. The Labute approximate surface area is 294 Å². The van der Waals surface area contributed by atoms with E-state index in [9.17, 15) is 9.18 Å². The molecule has 0 aliphatic carbocycles. The third kappa shape index (κ3) is 8.44. The smallest absolute Gasteiger partial charge is 0.337 e. The Morgan fingerprint density at radius 1 is 1.04 bits per heavy atom. The van der Waals surface area contributed by atoms with Gasteiger partial charge in [0.15, 0.2) is 11.6 Å². The first-order valence-electron chi connectivity index (χ1n) is 17.0. The van der Waals surface area contributed by atoms with Gasteiger partial charge >= 0.3 is 5.97 Å². The summed E-state index contributed by atoms with van der Waals surface area (Å²) >= 11 is 0. The number of fused-ring (bicyclic) bond motifs is 1. The second kappa shape index (κ2) is 14.9. The minimum absolute atomic E-state index is 0.0223. The van der Waals surface area contributed by atoms with Crippen molar-refractivity contribution in [3.8, 4) is 28.7 Å². The highest BCUT2D eigenvalue weighted by Crippen LogP contribution is 2.29. The molecule has 1 fully saturated rings. The Kier molecular flexibility index (Phi) is 10.4. The minimum Gasteiger partial charge on any atom is -0.489 e. The summed E-state index contributed by atoms with van der Waals surface area (Å²) < 4.78 is 36.3. The van der Waals surface area contributed by atoms with Crippen LogP contribution in [0.15, 0.2) is 73.4 Å². The fourth-order valence-corrected chi connectivity index (χ4v) is 6.65. The molecule has 50 heavy (non-hydrogen) atoms. The van der Waals surface area contributed by atoms with Gasteiger partial charge in [-0.15, -0.1) is 5.54 Å². The van der Waals surface area contributed by atoms with Gasteiger partial charge in [-0.3, -0.25) is 4.90 Å². The zero-order chi connectivity index (χ0) is 35.4. The molecule has 9 nitrogen and oxygen atoms in total. The zero-order valence-electron chi connectivity index (χ0n) is 29.6. The third-order valence-corrected chi connectivity index (χ3v) is 9.46. The highest BCUT2D eigenvalue weighted by Gasteiger charge is 2.24. The largest absolute Gasteiger partial charge is 0.489 e. The number of imidazole rings is 2.